The molecule has 0 saturated heterocycles. The van der Waals surface area contributed by atoms with Gasteiger partial charge in [-0.25, -0.2) is 0 Å². The molecule has 2 unspecified atom stereocenters. The monoisotopic (exact) mass is 190 g/mol. The number of alkyl halides is 1. The smallest absolute Gasteiger partial charge is 0.0416 e. The third-order valence-electron chi connectivity index (χ3n) is 2.96. The van der Waals surface area contributed by atoms with E-state index in [1.807, 2.05) is 0 Å². The van der Waals surface area contributed by atoms with E-state index in [-0.39, 0.29) is 4.87 Å². The van der Waals surface area contributed by atoms with Crippen LogP contribution in [0.3, 0.4) is 0 Å². The lowest BCUT2D eigenvalue weighted by atomic mass is 9.89. The maximum atomic E-state index is 6.21. The second-order valence-electron chi connectivity index (χ2n) is 4.56. The minimum Gasteiger partial charge on any atom is -0.120 e. The summed E-state index contributed by atoms with van der Waals surface area (Å²) in [6.07, 6.45) is 3.86. The van der Waals surface area contributed by atoms with Crippen LogP contribution in [0.2, 0.25) is 0 Å². The Morgan fingerprint density at radius 3 is 2.00 bits per heavy atom. The predicted molar refractivity (Wildman–Crippen MR) is 57.8 cm³/mol. The molecular formula is C11H23Cl. The van der Waals surface area contributed by atoms with Gasteiger partial charge in [-0.15, -0.1) is 11.6 Å². The van der Waals surface area contributed by atoms with Crippen LogP contribution in [0.4, 0.5) is 0 Å². The Labute approximate surface area is 82.7 Å². The van der Waals surface area contributed by atoms with E-state index in [1.165, 1.54) is 19.3 Å². The highest BCUT2D eigenvalue weighted by Gasteiger charge is 2.22. The molecule has 0 heterocycles. The Morgan fingerprint density at radius 2 is 1.67 bits per heavy atom. The van der Waals surface area contributed by atoms with E-state index in [1.54, 1.807) is 0 Å². The Bertz CT molecular complexity index is 113. The van der Waals surface area contributed by atoms with Crippen molar-refractivity contribution in [3.63, 3.8) is 0 Å². The third kappa shape index (κ3) is 5.03. The molecule has 0 radical (unpaired) electrons. The van der Waals surface area contributed by atoms with Crippen molar-refractivity contribution in [2.45, 2.75) is 58.8 Å². The highest BCUT2D eigenvalue weighted by Crippen LogP contribution is 2.29. The summed E-state index contributed by atoms with van der Waals surface area (Å²) in [6, 6.07) is 0. The van der Waals surface area contributed by atoms with Crippen LogP contribution in [0.1, 0.15) is 53.9 Å². The van der Waals surface area contributed by atoms with Gasteiger partial charge in [-0.3, -0.25) is 0 Å². The van der Waals surface area contributed by atoms with Crippen molar-refractivity contribution in [3.8, 4) is 0 Å². The molecule has 0 spiro atoms. The van der Waals surface area contributed by atoms with Gasteiger partial charge in [-0.2, -0.15) is 0 Å². The fraction of sp³-hybridized carbons (Fsp3) is 1.00. The molecule has 0 aliphatic carbocycles. The minimum absolute atomic E-state index is 0.0343. The van der Waals surface area contributed by atoms with Crippen molar-refractivity contribution in [1.29, 1.82) is 0 Å². The van der Waals surface area contributed by atoms with Crippen LogP contribution < -0.4 is 0 Å². The van der Waals surface area contributed by atoms with Gasteiger partial charge in [-0.05, 0) is 32.1 Å². The number of hydrogen-bond donors (Lipinski definition) is 0. The first-order valence-electron chi connectivity index (χ1n) is 5.06. The zero-order valence-corrected chi connectivity index (χ0v) is 9.91. The summed E-state index contributed by atoms with van der Waals surface area (Å²) in [6.45, 7) is 11.0. The van der Waals surface area contributed by atoms with Gasteiger partial charge < -0.3 is 0 Å². The highest BCUT2D eigenvalue weighted by atomic mass is 35.5. The molecule has 0 fully saturated rings. The maximum Gasteiger partial charge on any atom is 0.0416 e. The van der Waals surface area contributed by atoms with E-state index in [0.29, 0.717) is 5.92 Å². The molecule has 0 nitrogen and oxygen atoms in total. The van der Waals surface area contributed by atoms with Gasteiger partial charge in [0.15, 0.2) is 0 Å². The quantitative estimate of drug-likeness (QED) is 0.562. The number of rotatable bonds is 5. The molecule has 0 N–H and O–H groups in total. The predicted octanol–water partition coefficient (Wildman–Crippen LogP) is 4.47. The highest BCUT2D eigenvalue weighted by molar-refractivity contribution is 6.23. The molecule has 1 heteroatoms. The van der Waals surface area contributed by atoms with Crippen LogP contribution in [0, 0.1) is 11.8 Å². The van der Waals surface area contributed by atoms with Gasteiger partial charge in [-0.1, -0.05) is 33.6 Å². The Balaban J connectivity index is 3.64. The van der Waals surface area contributed by atoms with E-state index < -0.39 is 0 Å². The maximum absolute atomic E-state index is 6.21. The molecule has 0 amide bonds. The van der Waals surface area contributed by atoms with E-state index in [2.05, 4.69) is 34.6 Å². The summed E-state index contributed by atoms with van der Waals surface area (Å²) in [5.74, 6) is 1.47. The van der Waals surface area contributed by atoms with Gasteiger partial charge in [0.05, 0.1) is 0 Å². The lowest BCUT2D eigenvalue weighted by Crippen LogP contribution is -2.22. The first kappa shape index (κ1) is 12.3. The van der Waals surface area contributed by atoms with E-state index >= 15 is 0 Å². The van der Waals surface area contributed by atoms with Gasteiger partial charge in [0.2, 0.25) is 0 Å². The van der Waals surface area contributed by atoms with Gasteiger partial charge in [0.1, 0.15) is 0 Å². The Kier molecular flexibility index (Phi) is 5.24. The summed E-state index contributed by atoms with van der Waals surface area (Å²) in [5, 5.41) is 0. The van der Waals surface area contributed by atoms with E-state index in [4.69, 9.17) is 11.6 Å². The average molecular weight is 191 g/mol. The second kappa shape index (κ2) is 5.11. The summed E-state index contributed by atoms with van der Waals surface area (Å²) < 4.78 is 0. The lowest BCUT2D eigenvalue weighted by molar-refractivity contribution is 0.368. The van der Waals surface area contributed by atoms with Crippen molar-refractivity contribution >= 4 is 11.6 Å². The Morgan fingerprint density at radius 1 is 1.17 bits per heavy atom. The van der Waals surface area contributed by atoms with Crippen LogP contribution in [0.5, 0.6) is 0 Å². The van der Waals surface area contributed by atoms with Crippen molar-refractivity contribution in [2.75, 3.05) is 0 Å². The van der Waals surface area contributed by atoms with E-state index in [9.17, 15) is 0 Å². The molecule has 0 aromatic carbocycles. The SMILES string of the molecule is CCC(C)CCC(C)C(C)(C)Cl. The first-order chi connectivity index (χ1) is 5.38. The summed E-state index contributed by atoms with van der Waals surface area (Å²) in [7, 11) is 0. The molecule has 12 heavy (non-hydrogen) atoms. The lowest BCUT2D eigenvalue weighted by Gasteiger charge is -2.25. The molecule has 0 saturated carbocycles. The van der Waals surface area contributed by atoms with Gasteiger partial charge in [0, 0.05) is 4.87 Å². The third-order valence-corrected chi connectivity index (χ3v) is 3.33. The molecule has 2 atom stereocenters. The molecule has 0 bridgehead atoms. The zero-order chi connectivity index (χ0) is 9.78. The van der Waals surface area contributed by atoms with Crippen LogP contribution in [0.25, 0.3) is 0 Å². The second-order valence-corrected chi connectivity index (χ2v) is 5.53. The van der Waals surface area contributed by atoms with Crippen LogP contribution >= 0.6 is 11.6 Å². The topological polar surface area (TPSA) is 0 Å². The molecule has 0 aromatic heterocycles. The summed E-state index contributed by atoms with van der Waals surface area (Å²) >= 11 is 6.21. The fourth-order valence-corrected chi connectivity index (χ4v) is 1.19. The van der Waals surface area contributed by atoms with Crippen LogP contribution in [0.15, 0.2) is 0 Å². The average Bonchev–Trinajstić information content (AvgIpc) is 1.97. The van der Waals surface area contributed by atoms with Gasteiger partial charge in [0.25, 0.3) is 0 Å². The Hall–Kier alpha value is 0.290. The summed E-state index contributed by atoms with van der Waals surface area (Å²) in [5.41, 5.74) is 0. The molecule has 0 aliphatic rings. The van der Waals surface area contributed by atoms with Crippen LogP contribution in [-0.4, -0.2) is 4.87 Å². The van der Waals surface area contributed by atoms with Crippen molar-refractivity contribution in [3.05, 3.63) is 0 Å². The van der Waals surface area contributed by atoms with E-state index in [0.717, 1.165) is 5.92 Å². The normalized spacial score (nSPS) is 17.5. The van der Waals surface area contributed by atoms with Crippen molar-refractivity contribution in [1.82, 2.24) is 0 Å². The van der Waals surface area contributed by atoms with Crippen molar-refractivity contribution in [2.24, 2.45) is 11.8 Å². The first-order valence-corrected chi connectivity index (χ1v) is 5.44. The molecular weight excluding hydrogens is 168 g/mol. The van der Waals surface area contributed by atoms with Gasteiger partial charge >= 0.3 is 0 Å². The van der Waals surface area contributed by atoms with Crippen LogP contribution in [-0.2, 0) is 0 Å². The standard InChI is InChI=1S/C11H23Cl/c1-6-9(2)7-8-10(3)11(4,5)12/h9-10H,6-8H2,1-5H3. The molecule has 74 valence electrons. The largest absolute Gasteiger partial charge is 0.120 e. The van der Waals surface area contributed by atoms with Crippen molar-refractivity contribution < 1.29 is 0 Å². The fourth-order valence-electron chi connectivity index (χ4n) is 1.08. The molecule has 0 rings (SSSR count). The summed E-state index contributed by atoms with van der Waals surface area (Å²) in [4.78, 5) is -0.0343. The number of hydrogen-bond acceptors (Lipinski definition) is 0. The number of halogens is 1. The molecule has 0 aromatic rings. The zero-order valence-electron chi connectivity index (χ0n) is 9.15. The minimum atomic E-state index is -0.0343. The molecule has 0 aliphatic heterocycles.